The van der Waals surface area contributed by atoms with E-state index in [9.17, 15) is 4.79 Å². The number of likely N-dealkylation sites (tertiary alicyclic amines) is 1. The summed E-state index contributed by atoms with van der Waals surface area (Å²) < 4.78 is 7.67. The normalized spacial score (nSPS) is 21.0. The highest BCUT2D eigenvalue weighted by atomic mass is 16.5. The van der Waals surface area contributed by atoms with Gasteiger partial charge in [-0.2, -0.15) is 0 Å². The van der Waals surface area contributed by atoms with Gasteiger partial charge in [-0.05, 0) is 86.1 Å². The average molecular weight is 423 g/mol. The van der Waals surface area contributed by atoms with Crippen LogP contribution in [0, 0.1) is 13.8 Å². The molecule has 2 aromatic heterocycles. The SMILES string of the molecule is Cc1cc(C)c2[nH]c(=O)c([C@@H](c3nnnn3C[C@H]3CCCO3)N3CCCCC3)cc2c1. The Morgan fingerprint density at radius 1 is 1.16 bits per heavy atom. The number of nitrogens with zero attached hydrogens (tertiary/aromatic N) is 5. The molecule has 5 rings (SSSR count). The molecule has 0 radical (unpaired) electrons. The fraction of sp³-hybridized carbons (Fsp3) is 0.565. The number of tetrazole rings is 1. The summed E-state index contributed by atoms with van der Waals surface area (Å²) in [5.41, 5.74) is 3.80. The van der Waals surface area contributed by atoms with Gasteiger partial charge in [-0.1, -0.05) is 18.1 Å². The van der Waals surface area contributed by atoms with Gasteiger partial charge in [0.15, 0.2) is 5.82 Å². The fourth-order valence-corrected chi connectivity index (χ4v) is 5.10. The van der Waals surface area contributed by atoms with Crippen LogP contribution >= 0.6 is 0 Å². The first-order chi connectivity index (χ1) is 15.1. The summed E-state index contributed by atoms with van der Waals surface area (Å²) in [6, 6.07) is 6.00. The monoisotopic (exact) mass is 422 g/mol. The first kappa shape index (κ1) is 20.3. The van der Waals surface area contributed by atoms with E-state index in [1.165, 1.54) is 12.0 Å². The zero-order chi connectivity index (χ0) is 21.4. The molecule has 0 unspecified atom stereocenters. The number of aromatic amines is 1. The van der Waals surface area contributed by atoms with E-state index in [2.05, 4.69) is 44.5 Å². The van der Waals surface area contributed by atoms with Crippen molar-refractivity contribution < 1.29 is 4.74 Å². The molecule has 3 aromatic rings. The van der Waals surface area contributed by atoms with E-state index in [-0.39, 0.29) is 17.7 Å². The lowest BCUT2D eigenvalue weighted by Gasteiger charge is -2.33. The summed E-state index contributed by atoms with van der Waals surface area (Å²) in [7, 11) is 0. The molecule has 0 spiro atoms. The lowest BCUT2D eigenvalue weighted by Crippen LogP contribution is -2.39. The molecule has 31 heavy (non-hydrogen) atoms. The second-order valence-electron chi connectivity index (χ2n) is 8.95. The van der Waals surface area contributed by atoms with E-state index in [4.69, 9.17) is 4.74 Å². The number of nitrogens with one attached hydrogen (secondary N) is 1. The average Bonchev–Trinajstić information content (AvgIpc) is 3.43. The lowest BCUT2D eigenvalue weighted by molar-refractivity contribution is 0.0902. The predicted molar refractivity (Wildman–Crippen MR) is 118 cm³/mol. The Labute approximate surface area is 181 Å². The van der Waals surface area contributed by atoms with Crippen LogP contribution in [0.15, 0.2) is 23.0 Å². The summed E-state index contributed by atoms with van der Waals surface area (Å²) in [5, 5.41) is 13.7. The van der Waals surface area contributed by atoms with Gasteiger partial charge >= 0.3 is 0 Å². The molecule has 8 heteroatoms. The summed E-state index contributed by atoms with van der Waals surface area (Å²) in [6.07, 6.45) is 5.67. The van der Waals surface area contributed by atoms with E-state index in [1.54, 1.807) is 0 Å². The maximum atomic E-state index is 13.3. The van der Waals surface area contributed by atoms with Gasteiger partial charge in [0.25, 0.3) is 5.56 Å². The van der Waals surface area contributed by atoms with Crippen LogP contribution in [0.3, 0.4) is 0 Å². The maximum Gasteiger partial charge on any atom is 0.253 e. The van der Waals surface area contributed by atoms with Gasteiger partial charge < -0.3 is 9.72 Å². The van der Waals surface area contributed by atoms with Crippen molar-refractivity contribution in [2.45, 2.75) is 64.6 Å². The number of aryl methyl sites for hydroxylation is 2. The fourth-order valence-electron chi connectivity index (χ4n) is 5.10. The number of pyridine rings is 1. The molecule has 0 saturated carbocycles. The Morgan fingerprint density at radius 3 is 2.77 bits per heavy atom. The standard InChI is InChI=1S/C23H30N6O2/c1-15-11-16(2)20-17(12-15)13-19(23(30)24-20)21(28-8-4-3-5-9-28)22-25-26-27-29(22)14-18-7-6-10-31-18/h11-13,18,21H,3-10,14H2,1-2H3,(H,24,30)/t18-,21+/m1/s1. The number of H-pyrrole nitrogens is 1. The topological polar surface area (TPSA) is 88.9 Å². The highest BCUT2D eigenvalue weighted by Crippen LogP contribution is 2.30. The van der Waals surface area contributed by atoms with Gasteiger partial charge in [-0.3, -0.25) is 9.69 Å². The first-order valence-electron chi connectivity index (χ1n) is 11.4. The summed E-state index contributed by atoms with van der Waals surface area (Å²) in [5.74, 6) is 0.728. The lowest BCUT2D eigenvalue weighted by atomic mass is 9.99. The third-order valence-electron chi connectivity index (χ3n) is 6.58. The third kappa shape index (κ3) is 4.02. The minimum atomic E-state index is -0.273. The summed E-state index contributed by atoms with van der Waals surface area (Å²) in [4.78, 5) is 18.8. The van der Waals surface area contributed by atoms with Crippen LogP contribution in [-0.4, -0.2) is 55.9 Å². The number of rotatable bonds is 5. The molecule has 0 amide bonds. The van der Waals surface area contributed by atoms with Crippen LogP contribution in [-0.2, 0) is 11.3 Å². The quantitative estimate of drug-likeness (QED) is 0.680. The molecule has 2 atom stereocenters. The number of aromatic nitrogens is 5. The molecule has 8 nitrogen and oxygen atoms in total. The Balaban J connectivity index is 1.62. The van der Waals surface area contributed by atoms with Crippen LogP contribution in [0.5, 0.6) is 0 Å². The third-order valence-corrected chi connectivity index (χ3v) is 6.58. The molecular weight excluding hydrogens is 392 g/mol. The van der Waals surface area contributed by atoms with Gasteiger partial charge in [-0.25, -0.2) is 4.68 Å². The number of fused-ring (bicyclic) bond motifs is 1. The number of ether oxygens (including phenoxy) is 1. The van der Waals surface area contributed by atoms with Crippen molar-refractivity contribution in [1.29, 1.82) is 0 Å². The molecule has 2 aliphatic heterocycles. The maximum absolute atomic E-state index is 13.3. The molecule has 2 fully saturated rings. The number of hydrogen-bond donors (Lipinski definition) is 1. The molecule has 0 bridgehead atoms. The predicted octanol–water partition coefficient (Wildman–Crippen LogP) is 2.89. The molecular formula is C23H30N6O2. The van der Waals surface area contributed by atoms with Crippen molar-refractivity contribution >= 4 is 10.9 Å². The van der Waals surface area contributed by atoms with E-state index < -0.39 is 0 Å². The summed E-state index contributed by atoms with van der Waals surface area (Å²) in [6.45, 7) is 7.40. The van der Waals surface area contributed by atoms with Crippen LogP contribution < -0.4 is 5.56 Å². The van der Waals surface area contributed by atoms with Crippen LogP contribution in [0.4, 0.5) is 0 Å². The van der Waals surface area contributed by atoms with Gasteiger partial charge in [0, 0.05) is 12.2 Å². The Morgan fingerprint density at radius 2 is 2.00 bits per heavy atom. The van der Waals surface area contributed by atoms with Crippen molar-refractivity contribution in [3.05, 3.63) is 51.1 Å². The molecule has 1 aromatic carbocycles. The molecule has 0 aliphatic carbocycles. The highest BCUT2D eigenvalue weighted by Gasteiger charge is 2.32. The molecule has 2 saturated heterocycles. The van der Waals surface area contributed by atoms with Crippen molar-refractivity contribution in [2.24, 2.45) is 0 Å². The zero-order valence-corrected chi connectivity index (χ0v) is 18.3. The van der Waals surface area contributed by atoms with Gasteiger partial charge in [0.05, 0.1) is 18.2 Å². The van der Waals surface area contributed by atoms with Gasteiger partial charge in [0.1, 0.15) is 6.04 Å². The van der Waals surface area contributed by atoms with Crippen molar-refractivity contribution in [3.8, 4) is 0 Å². The molecule has 2 aliphatic rings. The van der Waals surface area contributed by atoms with E-state index >= 15 is 0 Å². The Kier molecular flexibility index (Phi) is 5.58. The second kappa shape index (κ2) is 8.51. The summed E-state index contributed by atoms with van der Waals surface area (Å²) >= 11 is 0. The Bertz CT molecular complexity index is 1120. The molecule has 4 heterocycles. The van der Waals surface area contributed by atoms with Crippen molar-refractivity contribution in [3.63, 3.8) is 0 Å². The van der Waals surface area contributed by atoms with Crippen molar-refractivity contribution in [2.75, 3.05) is 19.7 Å². The first-order valence-corrected chi connectivity index (χ1v) is 11.4. The number of benzene rings is 1. The Hall–Kier alpha value is -2.58. The minimum absolute atomic E-state index is 0.0679. The van der Waals surface area contributed by atoms with Gasteiger partial charge in [0.2, 0.25) is 0 Å². The van der Waals surface area contributed by atoms with Crippen LogP contribution in [0.1, 0.15) is 60.7 Å². The number of hydrogen-bond acceptors (Lipinski definition) is 6. The highest BCUT2D eigenvalue weighted by molar-refractivity contribution is 5.83. The van der Waals surface area contributed by atoms with Crippen molar-refractivity contribution in [1.82, 2.24) is 30.1 Å². The van der Waals surface area contributed by atoms with E-state index in [0.717, 1.165) is 67.7 Å². The van der Waals surface area contributed by atoms with Gasteiger partial charge in [-0.15, -0.1) is 5.10 Å². The second-order valence-corrected chi connectivity index (χ2v) is 8.95. The molecule has 1 N–H and O–H groups in total. The minimum Gasteiger partial charge on any atom is -0.376 e. The number of piperidine rings is 1. The molecule has 164 valence electrons. The van der Waals surface area contributed by atoms with Crippen LogP contribution in [0.25, 0.3) is 10.9 Å². The largest absolute Gasteiger partial charge is 0.376 e. The van der Waals surface area contributed by atoms with Crippen LogP contribution in [0.2, 0.25) is 0 Å². The van der Waals surface area contributed by atoms with E-state index in [1.807, 2.05) is 17.7 Å². The smallest absolute Gasteiger partial charge is 0.253 e. The van der Waals surface area contributed by atoms with E-state index in [0.29, 0.717) is 12.1 Å². The zero-order valence-electron chi connectivity index (χ0n) is 18.3.